The van der Waals surface area contributed by atoms with E-state index in [-0.39, 0.29) is 0 Å². The molecule has 0 unspecified atom stereocenters. The second kappa shape index (κ2) is 6.48. The van der Waals surface area contributed by atoms with Gasteiger partial charge in [-0.1, -0.05) is 23.7 Å². The van der Waals surface area contributed by atoms with Gasteiger partial charge in [0.2, 0.25) is 0 Å². The van der Waals surface area contributed by atoms with Gasteiger partial charge in [0.15, 0.2) is 0 Å². The third kappa shape index (κ3) is 3.26. The van der Waals surface area contributed by atoms with Gasteiger partial charge in [0.05, 0.1) is 29.6 Å². The van der Waals surface area contributed by atoms with Crippen LogP contribution in [0.3, 0.4) is 0 Å². The van der Waals surface area contributed by atoms with Crippen LogP contribution in [0.5, 0.6) is 0 Å². The Labute approximate surface area is 128 Å². The number of nitrogens with zero attached hydrogens (tertiary/aromatic N) is 1. The molecule has 2 aromatic rings. The first-order valence-corrected chi connectivity index (χ1v) is 7.97. The zero-order valence-corrected chi connectivity index (χ0v) is 12.7. The van der Waals surface area contributed by atoms with Crippen molar-refractivity contribution < 1.29 is 4.74 Å². The first kappa shape index (κ1) is 13.7. The van der Waals surface area contributed by atoms with Crippen molar-refractivity contribution in [1.29, 1.82) is 0 Å². The number of hydrogen-bond acceptors (Lipinski definition) is 4. The molecule has 1 aromatic carbocycles. The highest BCUT2D eigenvalue weighted by molar-refractivity contribution is 7.10. The normalized spacial score (nSPS) is 15.3. The molecule has 1 aliphatic rings. The van der Waals surface area contributed by atoms with Gasteiger partial charge in [0.1, 0.15) is 0 Å². The van der Waals surface area contributed by atoms with Crippen molar-refractivity contribution in [3.05, 3.63) is 45.6 Å². The molecule has 0 saturated carbocycles. The number of anilines is 2. The summed E-state index contributed by atoms with van der Waals surface area (Å²) in [7, 11) is 0. The van der Waals surface area contributed by atoms with E-state index >= 15 is 0 Å². The lowest BCUT2D eigenvalue weighted by Crippen LogP contribution is -2.36. The Hall–Kier alpha value is -1.23. The topological polar surface area (TPSA) is 24.5 Å². The molecule has 3 nitrogen and oxygen atoms in total. The van der Waals surface area contributed by atoms with Crippen LogP contribution in [0.4, 0.5) is 11.4 Å². The number of halogens is 1. The molecule has 20 heavy (non-hydrogen) atoms. The average molecular weight is 309 g/mol. The van der Waals surface area contributed by atoms with Crippen LogP contribution in [0.25, 0.3) is 0 Å². The van der Waals surface area contributed by atoms with Crippen LogP contribution >= 0.6 is 22.9 Å². The fourth-order valence-electron chi connectivity index (χ4n) is 2.33. The monoisotopic (exact) mass is 308 g/mol. The van der Waals surface area contributed by atoms with Crippen LogP contribution in [0.15, 0.2) is 35.7 Å². The van der Waals surface area contributed by atoms with E-state index in [1.165, 1.54) is 16.3 Å². The molecular weight excluding hydrogens is 292 g/mol. The predicted octanol–water partition coefficient (Wildman–Crippen LogP) is 3.85. The Morgan fingerprint density at radius 2 is 2.05 bits per heavy atom. The number of para-hydroxylation sites is 2. The third-order valence-corrected chi connectivity index (χ3v) is 4.61. The van der Waals surface area contributed by atoms with Gasteiger partial charge in [-0.2, -0.15) is 0 Å². The minimum atomic E-state index is 0.800. The van der Waals surface area contributed by atoms with Crippen molar-refractivity contribution in [2.24, 2.45) is 0 Å². The second-order valence-electron chi connectivity index (χ2n) is 4.70. The minimum Gasteiger partial charge on any atom is -0.378 e. The van der Waals surface area contributed by atoms with Crippen LogP contribution < -0.4 is 10.2 Å². The maximum absolute atomic E-state index is 5.96. The van der Waals surface area contributed by atoms with E-state index in [2.05, 4.69) is 34.5 Å². The van der Waals surface area contributed by atoms with Crippen molar-refractivity contribution in [3.63, 3.8) is 0 Å². The molecule has 3 rings (SSSR count). The molecule has 1 aromatic heterocycles. The van der Waals surface area contributed by atoms with E-state index in [0.29, 0.717) is 0 Å². The average Bonchev–Trinajstić information content (AvgIpc) is 2.92. The summed E-state index contributed by atoms with van der Waals surface area (Å²) in [6, 6.07) is 10.4. The highest BCUT2D eigenvalue weighted by Gasteiger charge is 2.14. The fourth-order valence-corrected chi connectivity index (χ4v) is 3.34. The quantitative estimate of drug-likeness (QED) is 0.928. The summed E-state index contributed by atoms with van der Waals surface area (Å²) in [6.45, 7) is 4.30. The molecule has 106 valence electrons. The Balaban J connectivity index is 1.72. The fraction of sp³-hybridized carbons (Fsp3) is 0.333. The Bertz CT molecular complexity index is 567. The van der Waals surface area contributed by atoms with E-state index in [1.54, 1.807) is 11.3 Å². The molecule has 0 spiro atoms. The number of hydrogen-bond donors (Lipinski definition) is 1. The van der Waals surface area contributed by atoms with Crippen LogP contribution in [0, 0.1) is 0 Å². The zero-order valence-electron chi connectivity index (χ0n) is 11.1. The van der Waals surface area contributed by atoms with E-state index < -0.39 is 0 Å². The minimum absolute atomic E-state index is 0.800. The standard InChI is InChI=1S/C15H17ClN2OS/c16-12-9-13(20-11-12)10-17-14-3-1-2-4-15(14)18-5-7-19-8-6-18/h1-4,9,11,17H,5-8,10H2. The lowest BCUT2D eigenvalue weighted by Gasteiger charge is -2.30. The first-order valence-electron chi connectivity index (χ1n) is 6.71. The van der Waals surface area contributed by atoms with Crippen LogP contribution in [-0.2, 0) is 11.3 Å². The number of thiophene rings is 1. The molecule has 1 N–H and O–H groups in total. The lowest BCUT2D eigenvalue weighted by molar-refractivity contribution is 0.123. The predicted molar refractivity (Wildman–Crippen MR) is 86.1 cm³/mol. The zero-order chi connectivity index (χ0) is 13.8. The summed E-state index contributed by atoms with van der Waals surface area (Å²) in [5, 5.41) is 6.29. The number of benzene rings is 1. The van der Waals surface area contributed by atoms with E-state index in [9.17, 15) is 0 Å². The van der Waals surface area contributed by atoms with Crippen LogP contribution in [0.2, 0.25) is 5.02 Å². The van der Waals surface area contributed by atoms with Crippen LogP contribution in [0.1, 0.15) is 4.88 Å². The third-order valence-electron chi connectivity index (χ3n) is 3.33. The molecule has 2 heterocycles. The van der Waals surface area contributed by atoms with E-state index in [4.69, 9.17) is 16.3 Å². The molecule has 0 radical (unpaired) electrons. The van der Waals surface area contributed by atoms with Gasteiger partial charge in [-0.25, -0.2) is 0 Å². The highest BCUT2D eigenvalue weighted by Crippen LogP contribution is 2.28. The van der Waals surface area contributed by atoms with E-state index in [1.807, 2.05) is 11.4 Å². The SMILES string of the molecule is Clc1csc(CNc2ccccc2N2CCOCC2)c1. The first-order chi connectivity index (χ1) is 9.83. The maximum atomic E-state index is 5.96. The summed E-state index contributed by atoms with van der Waals surface area (Å²) < 4.78 is 5.42. The van der Waals surface area contributed by atoms with Crippen molar-refractivity contribution in [1.82, 2.24) is 0 Å². The summed E-state index contributed by atoms with van der Waals surface area (Å²) >= 11 is 7.64. The van der Waals surface area contributed by atoms with Gasteiger partial charge < -0.3 is 15.0 Å². The smallest absolute Gasteiger partial charge is 0.0642 e. The van der Waals surface area contributed by atoms with Crippen molar-refractivity contribution >= 4 is 34.3 Å². The molecule has 0 amide bonds. The van der Waals surface area contributed by atoms with E-state index in [0.717, 1.165) is 37.9 Å². The molecule has 1 saturated heterocycles. The molecule has 1 fully saturated rings. The maximum Gasteiger partial charge on any atom is 0.0642 e. The summed E-state index contributed by atoms with van der Waals surface area (Å²) in [5.74, 6) is 0. The summed E-state index contributed by atoms with van der Waals surface area (Å²) in [4.78, 5) is 3.61. The summed E-state index contributed by atoms with van der Waals surface area (Å²) in [5.41, 5.74) is 2.41. The van der Waals surface area contributed by atoms with Crippen molar-refractivity contribution in [2.45, 2.75) is 6.54 Å². The number of nitrogens with one attached hydrogen (secondary N) is 1. The van der Waals surface area contributed by atoms with Gasteiger partial charge in [0.25, 0.3) is 0 Å². The van der Waals surface area contributed by atoms with Gasteiger partial charge in [0, 0.05) is 29.9 Å². The highest BCUT2D eigenvalue weighted by atomic mass is 35.5. The Morgan fingerprint density at radius 3 is 2.80 bits per heavy atom. The molecule has 5 heteroatoms. The van der Waals surface area contributed by atoms with Crippen molar-refractivity contribution in [3.8, 4) is 0 Å². The van der Waals surface area contributed by atoms with Crippen LogP contribution in [-0.4, -0.2) is 26.3 Å². The van der Waals surface area contributed by atoms with Gasteiger partial charge in [-0.05, 0) is 18.2 Å². The molecule has 1 aliphatic heterocycles. The molecular formula is C15H17ClN2OS. The molecule has 0 aliphatic carbocycles. The number of rotatable bonds is 4. The largest absolute Gasteiger partial charge is 0.378 e. The van der Waals surface area contributed by atoms with Gasteiger partial charge in [-0.15, -0.1) is 11.3 Å². The van der Waals surface area contributed by atoms with Gasteiger partial charge in [-0.3, -0.25) is 0 Å². The lowest BCUT2D eigenvalue weighted by atomic mass is 10.2. The second-order valence-corrected chi connectivity index (χ2v) is 6.13. The number of morpholine rings is 1. The number of ether oxygens (including phenoxy) is 1. The Morgan fingerprint density at radius 1 is 1.25 bits per heavy atom. The summed E-state index contributed by atoms with van der Waals surface area (Å²) in [6.07, 6.45) is 0. The molecule has 0 atom stereocenters. The Kier molecular flexibility index (Phi) is 4.45. The van der Waals surface area contributed by atoms with Gasteiger partial charge >= 0.3 is 0 Å². The molecule has 0 bridgehead atoms. The van der Waals surface area contributed by atoms with Crippen molar-refractivity contribution in [2.75, 3.05) is 36.5 Å².